The van der Waals surface area contributed by atoms with Gasteiger partial charge in [-0.2, -0.15) is 13.1 Å². The molecule has 2 aromatic carbocycles. The van der Waals surface area contributed by atoms with Gasteiger partial charge >= 0.3 is 16.3 Å². The Morgan fingerprint density at radius 2 is 1.84 bits per heavy atom. The number of nitrogens with one attached hydrogen (secondary N) is 1. The Labute approximate surface area is 223 Å². The number of Topliss-reactive ketones (excluding diaryl/α,β-unsaturated/α-hetero) is 1. The second-order valence-electron chi connectivity index (χ2n) is 10.6. The molecule has 2 aromatic rings. The van der Waals surface area contributed by atoms with Gasteiger partial charge in [0.05, 0.1) is 0 Å². The molecule has 1 heterocycles. The molecule has 1 saturated heterocycles. The molecule has 1 aliphatic heterocycles. The van der Waals surface area contributed by atoms with Gasteiger partial charge in [-0.3, -0.25) is 9.59 Å². The first-order valence-electron chi connectivity index (χ1n) is 12.2. The lowest BCUT2D eigenvalue weighted by Crippen LogP contribution is -2.47. The van der Waals surface area contributed by atoms with Crippen molar-refractivity contribution in [3.05, 3.63) is 53.1 Å². The number of hydrogen-bond acceptors (Lipinski definition) is 8. The number of thioether (sulfide) groups is 1. The summed E-state index contributed by atoms with van der Waals surface area (Å²) in [4.78, 5) is 26.9. The van der Waals surface area contributed by atoms with E-state index >= 15 is 0 Å². The molecule has 1 unspecified atom stereocenters. The van der Waals surface area contributed by atoms with Gasteiger partial charge in [-0.25, -0.2) is 0 Å². The Morgan fingerprint density at radius 3 is 2.41 bits per heavy atom. The van der Waals surface area contributed by atoms with Crippen molar-refractivity contribution in [2.24, 2.45) is 0 Å². The number of cyclic esters (lactones) is 1. The maximum atomic E-state index is 13.2. The Morgan fingerprint density at radius 1 is 1.19 bits per heavy atom. The van der Waals surface area contributed by atoms with Crippen molar-refractivity contribution in [1.29, 1.82) is 0 Å². The van der Waals surface area contributed by atoms with E-state index in [1.807, 2.05) is 20.8 Å². The number of aromatic hydroxyl groups is 1. The highest BCUT2D eigenvalue weighted by Crippen LogP contribution is 2.42. The lowest BCUT2D eigenvalue weighted by molar-refractivity contribution is -0.167. The Hall–Kier alpha value is -2.56. The van der Waals surface area contributed by atoms with Crippen molar-refractivity contribution >= 4 is 33.8 Å². The van der Waals surface area contributed by atoms with E-state index in [0.717, 1.165) is 22.9 Å². The van der Waals surface area contributed by atoms with Crippen molar-refractivity contribution in [3.8, 4) is 11.5 Å². The van der Waals surface area contributed by atoms with Gasteiger partial charge in [0, 0.05) is 17.9 Å². The van der Waals surface area contributed by atoms with Crippen LogP contribution in [0.3, 0.4) is 0 Å². The first-order valence-corrected chi connectivity index (χ1v) is 14.5. The van der Waals surface area contributed by atoms with E-state index in [2.05, 4.69) is 4.72 Å². The first-order chi connectivity index (χ1) is 17.1. The number of aryl methyl sites for hydroxylation is 2. The summed E-state index contributed by atoms with van der Waals surface area (Å²) < 4.78 is 37.7. The van der Waals surface area contributed by atoms with E-state index in [1.54, 1.807) is 57.2 Å². The monoisotopic (exact) mass is 549 g/mol. The third-order valence-corrected chi connectivity index (χ3v) is 8.46. The van der Waals surface area contributed by atoms with E-state index in [4.69, 9.17) is 8.92 Å². The van der Waals surface area contributed by atoms with Gasteiger partial charge in [0.2, 0.25) is 0 Å². The largest absolute Gasteiger partial charge is 0.508 e. The number of hydrogen-bond donors (Lipinski definition) is 2. The quantitative estimate of drug-likeness (QED) is 0.344. The molecule has 37 heavy (non-hydrogen) atoms. The van der Waals surface area contributed by atoms with Crippen LogP contribution in [0.1, 0.15) is 64.2 Å². The number of phenols is 1. The minimum Gasteiger partial charge on any atom is -0.508 e. The third kappa shape index (κ3) is 7.49. The lowest BCUT2D eigenvalue weighted by atomic mass is 9.86. The molecule has 2 atom stereocenters. The Balaban J connectivity index is 1.80. The molecule has 0 amide bonds. The Bertz CT molecular complexity index is 1250. The van der Waals surface area contributed by atoms with Crippen LogP contribution in [-0.4, -0.2) is 42.7 Å². The molecule has 2 N–H and O–H groups in total. The third-order valence-electron chi connectivity index (χ3n) is 6.13. The summed E-state index contributed by atoms with van der Waals surface area (Å²) >= 11 is 1.13. The second-order valence-corrected chi connectivity index (χ2v) is 13.1. The summed E-state index contributed by atoms with van der Waals surface area (Å²) in [6.45, 7) is 11.2. The molecule has 0 saturated carbocycles. The van der Waals surface area contributed by atoms with Gasteiger partial charge in [-0.05, 0) is 73.1 Å². The molecular formula is C27H35NO7S2. The Kier molecular flexibility index (Phi) is 8.66. The average Bonchev–Trinajstić information content (AvgIpc) is 2.76. The SMILES string of the molecule is CCNS(=O)(=O)Oc1cc(C(C)(C)C)c(SC2C(=O)C[C@](C)(CCc3ccc(O)cc3)OC2=O)cc1C. The van der Waals surface area contributed by atoms with Crippen molar-refractivity contribution in [2.75, 3.05) is 6.54 Å². The van der Waals surface area contributed by atoms with Crippen molar-refractivity contribution in [3.63, 3.8) is 0 Å². The topological polar surface area (TPSA) is 119 Å². The summed E-state index contributed by atoms with van der Waals surface area (Å²) in [6, 6.07) is 10.2. The zero-order chi connectivity index (χ0) is 27.6. The van der Waals surface area contributed by atoms with Crippen molar-refractivity contribution in [2.45, 2.75) is 82.0 Å². The van der Waals surface area contributed by atoms with E-state index in [0.29, 0.717) is 23.3 Å². The van der Waals surface area contributed by atoms with Crippen molar-refractivity contribution < 1.29 is 32.0 Å². The van der Waals surface area contributed by atoms with Crippen LogP contribution in [0.15, 0.2) is 41.3 Å². The number of ketones is 1. The summed E-state index contributed by atoms with van der Waals surface area (Å²) in [7, 11) is -3.97. The summed E-state index contributed by atoms with van der Waals surface area (Å²) in [5.74, 6) is -0.420. The van der Waals surface area contributed by atoms with Gasteiger partial charge in [0.15, 0.2) is 11.0 Å². The fraction of sp³-hybridized carbons (Fsp3) is 0.481. The number of rotatable bonds is 9. The standard InChI is InChI=1S/C27H35NO7S2/c1-7-28-37(32,33)35-22-15-20(26(3,4)5)23(14-17(22)2)36-24-21(30)16-27(6,34-25(24)31)13-12-18-8-10-19(29)11-9-18/h8-11,14-15,24,28-29H,7,12-13,16H2,1-6H3/t24?,27-/m0/s1. The maximum absolute atomic E-state index is 13.2. The van der Waals surface area contributed by atoms with E-state index in [9.17, 15) is 23.1 Å². The molecule has 0 spiro atoms. The van der Waals surface area contributed by atoms with Gasteiger partial charge < -0.3 is 14.0 Å². The molecule has 0 aliphatic carbocycles. The smallest absolute Gasteiger partial charge is 0.382 e. The van der Waals surface area contributed by atoms with Crippen LogP contribution in [0.25, 0.3) is 0 Å². The number of benzene rings is 2. The predicted molar refractivity (Wildman–Crippen MR) is 143 cm³/mol. The van der Waals surface area contributed by atoms with E-state index in [-0.39, 0.29) is 30.2 Å². The summed E-state index contributed by atoms with van der Waals surface area (Å²) in [5.41, 5.74) is 0.960. The van der Waals surface area contributed by atoms with Gasteiger partial charge in [-0.15, -0.1) is 11.8 Å². The molecule has 1 fully saturated rings. The van der Waals surface area contributed by atoms with E-state index in [1.165, 1.54) is 0 Å². The zero-order valence-corrected chi connectivity index (χ0v) is 23.7. The molecule has 1 aliphatic rings. The normalized spacial score (nSPS) is 20.5. The minimum atomic E-state index is -3.97. The average molecular weight is 550 g/mol. The molecule has 0 radical (unpaired) electrons. The molecule has 0 bridgehead atoms. The number of esters is 1. The van der Waals surface area contributed by atoms with Crippen molar-refractivity contribution in [1.82, 2.24) is 4.72 Å². The second kappa shape index (κ2) is 11.0. The minimum absolute atomic E-state index is 0.0977. The van der Waals surface area contributed by atoms with E-state index < -0.39 is 32.5 Å². The zero-order valence-electron chi connectivity index (χ0n) is 22.1. The molecule has 0 aromatic heterocycles. The molecule has 10 heteroatoms. The van der Waals surface area contributed by atoms with Crippen LogP contribution >= 0.6 is 11.8 Å². The predicted octanol–water partition coefficient (Wildman–Crippen LogP) is 4.60. The number of carbonyl (C=O) groups excluding carboxylic acids is 2. The molecular weight excluding hydrogens is 514 g/mol. The van der Waals surface area contributed by atoms with Gasteiger partial charge in [0.25, 0.3) is 0 Å². The number of ether oxygens (including phenoxy) is 1. The summed E-state index contributed by atoms with van der Waals surface area (Å²) in [5, 5.41) is 8.45. The van der Waals surface area contributed by atoms with Gasteiger partial charge in [0.1, 0.15) is 17.1 Å². The molecule has 202 valence electrons. The van der Waals surface area contributed by atoms with Crippen LogP contribution in [0, 0.1) is 6.92 Å². The van der Waals surface area contributed by atoms with Crippen LogP contribution in [0.4, 0.5) is 0 Å². The highest BCUT2D eigenvalue weighted by atomic mass is 32.2. The fourth-order valence-electron chi connectivity index (χ4n) is 4.14. The van der Waals surface area contributed by atoms with Crippen LogP contribution in [-0.2, 0) is 36.5 Å². The number of carbonyl (C=O) groups is 2. The highest BCUT2D eigenvalue weighted by Gasteiger charge is 2.44. The lowest BCUT2D eigenvalue weighted by Gasteiger charge is -2.36. The van der Waals surface area contributed by atoms with Gasteiger partial charge in [-0.1, -0.05) is 39.8 Å². The van der Waals surface area contributed by atoms with Crippen LogP contribution in [0.2, 0.25) is 0 Å². The molecule has 3 rings (SSSR count). The van der Waals surface area contributed by atoms with Crippen LogP contribution in [0.5, 0.6) is 11.5 Å². The summed E-state index contributed by atoms with van der Waals surface area (Å²) in [6.07, 6.45) is 1.17. The number of phenolic OH excluding ortho intramolecular Hbond substituents is 1. The first kappa shape index (κ1) is 29.0. The van der Waals surface area contributed by atoms with Crippen LogP contribution < -0.4 is 8.91 Å². The maximum Gasteiger partial charge on any atom is 0.382 e. The molecule has 8 nitrogen and oxygen atoms in total. The highest BCUT2D eigenvalue weighted by molar-refractivity contribution is 8.01. The fourth-order valence-corrected chi connectivity index (χ4v) is 6.31.